The van der Waals surface area contributed by atoms with Crippen LogP contribution in [0, 0.1) is 11.2 Å². The molecule has 0 spiro atoms. The van der Waals surface area contributed by atoms with Gasteiger partial charge in [-0.1, -0.05) is 0 Å². The first-order chi connectivity index (χ1) is 21.5. The lowest BCUT2D eigenvalue weighted by molar-refractivity contribution is -0.154. The highest BCUT2D eigenvalue weighted by Gasteiger charge is 2.56. The molecule has 1 aromatic heterocycles. The van der Waals surface area contributed by atoms with E-state index in [9.17, 15) is 18.8 Å². The predicted octanol–water partition coefficient (Wildman–Crippen LogP) is 6.68. The van der Waals surface area contributed by atoms with Crippen LogP contribution in [0.15, 0.2) is 72.9 Å². The van der Waals surface area contributed by atoms with Crippen molar-refractivity contribution >= 4 is 45.7 Å². The van der Waals surface area contributed by atoms with Gasteiger partial charge in [-0.2, -0.15) is 0 Å². The molecule has 5 rings (SSSR count). The van der Waals surface area contributed by atoms with Crippen molar-refractivity contribution in [3.63, 3.8) is 0 Å². The number of halogens is 1. The Bertz CT molecular complexity index is 1710. The number of hydrogen-bond acceptors (Lipinski definition) is 8. The summed E-state index contributed by atoms with van der Waals surface area (Å²) in [5.74, 6) is 0.0884. The molecule has 1 aliphatic rings. The van der Waals surface area contributed by atoms with Crippen LogP contribution in [-0.2, 0) is 19.1 Å². The van der Waals surface area contributed by atoms with E-state index in [0.29, 0.717) is 64.6 Å². The van der Waals surface area contributed by atoms with Gasteiger partial charge in [0.25, 0.3) is 0 Å². The van der Waals surface area contributed by atoms with Crippen molar-refractivity contribution < 1.29 is 33.0 Å². The summed E-state index contributed by atoms with van der Waals surface area (Å²) in [6, 6.07) is 17.6. The highest BCUT2D eigenvalue weighted by atomic mass is 19.1. The molecule has 1 heterocycles. The Kier molecular flexibility index (Phi) is 8.89. The summed E-state index contributed by atoms with van der Waals surface area (Å²) >= 11 is 0. The normalized spacial score (nSPS) is 13.4. The third-order valence-electron chi connectivity index (χ3n) is 7.15. The van der Waals surface area contributed by atoms with Gasteiger partial charge in [-0.15, -0.1) is 0 Å². The van der Waals surface area contributed by atoms with Gasteiger partial charge in [0.05, 0.1) is 24.7 Å². The Morgan fingerprint density at radius 2 is 1.51 bits per heavy atom. The molecule has 0 atom stereocenters. The van der Waals surface area contributed by atoms with Crippen LogP contribution in [0.25, 0.3) is 10.9 Å². The second-order valence-corrected chi connectivity index (χ2v) is 11.8. The molecule has 1 fully saturated rings. The predicted molar refractivity (Wildman–Crippen MR) is 169 cm³/mol. The van der Waals surface area contributed by atoms with E-state index in [4.69, 9.17) is 14.2 Å². The lowest BCUT2D eigenvalue weighted by Gasteiger charge is -2.19. The summed E-state index contributed by atoms with van der Waals surface area (Å²) in [7, 11) is 1.56. The first kappa shape index (κ1) is 31.2. The fraction of sp³-hybridized carbons (Fsp3) is 0.294. The highest BCUT2D eigenvalue weighted by molar-refractivity contribution is 6.16. The summed E-state index contributed by atoms with van der Waals surface area (Å²) in [6.07, 6.45) is 2.67. The quantitative estimate of drug-likeness (QED) is 0.126. The van der Waals surface area contributed by atoms with Crippen LogP contribution in [0.1, 0.15) is 40.0 Å². The second-order valence-electron chi connectivity index (χ2n) is 11.8. The Balaban J connectivity index is 1.22. The van der Waals surface area contributed by atoms with Crippen molar-refractivity contribution in [1.82, 2.24) is 4.98 Å². The fourth-order valence-electron chi connectivity index (χ4n) is 4.69. The summed E-state index contributed by atoms with van der Waals surface area (Å²) < 4.78 is 30.3. The first-order valence-electron chi connectivity index (χ1n) is 14.5. The molecule has 1 aliphatic carbocycles. The highest BCUT2D eigenvalue weighted by Crippen LogP contribution is 2.47. The van der Waals surface area contributed by atoms with Crippen LogP contribution in [0.3, 0.4) is 0 Å². The number of nitrogens with zero attached hydrogens (tertiary/aromatic N) is 1. The monoisotopic (exact) mass is 614 g/mol. The molecule has 11 heteroatoms. The topological polar surface area (TPSA) is 128 Å². The lowest BCUT2D eigenvalue weighted by Crippen LogP contribution is -2.35. The van der Waals surface area contributed by atoms with E-state index in [1.807, 2.05) is 32.9 Å². The number of amides is 2. The van der Waals surface area contributed by atoms with E-state index in [0.717, 1.165) is 0 Å². The SMILES string of the molecule is COc1cc2c(Oc3ccc(NC(=O)C4(C(=O)Nc5ccc(F)cc5)CC4)cc3)ccnc2cc1NCCC(=O)OC(C)(C)C. The minimum absolute atomic E-state index is 0.190. The third-order valence-corrected chi connectivity index (χ3v) is 7.15. The zero-order valence-corrected chi connectivity index (χ0v) is 25.5. The van der Waals surface area contributed by atoms with Gasteiger partial charge < -0.3 is 30.2 Å². The van der Waals surface area contributed by atoms with Crippen LogP contribution >= 0.6 is 0 Å². The van der Waals surface area contributed by atoms with Crippen LogP contribution in [0.2, 0.25) is 0 Å². The van der Waals surface area contributed by atoms with Crippen molar-refractivity contribution in [2.24, 2.45) is 5.41 Å². The maximum absolute atomic E-state index is 13.2. The Morgan fingerprint density at radius 3 is 2.09 bits per heavy atom. The molecule has 45 heavy (non-hydrogen) atoms. The van der Waals surface area contributed by atoms with E-state index >= 15 is 0 Å². The number of hydrogen-bond donors (Lipinski definition) is 3. The van der Waals surface area contributed by atoms with Crippen LogP contribution in [0.5, 0.6) is 17.2 Å². The average Bonchev–Trinajstić information content (AvgIpc) is 3.81. The Morgan fingerprint density at radius 1 is 0.889 bits per heavy atom. The molecular weight excluding hydrogens is 579 g/mol. The fourth-order valence-corrected chi connectivity index (χ4v) is 4.69. The number of carbonyl (C=O) groups is 3. The van der Waals surface area contributed by atoms with Gasteiger partial charge in [-0.3, -0.25) is 19.4 Å². The number of carbonyl (C=O) groups excluding carboxylic acids is 3. The average molecular weight is 615 g/mol. The number of benzene rings is 3. The van der Waals surface area contributed by atoms with E-state index < -0.39 is 28.6 Å². The van der Waals surface area contributed by atoms with Crippen LogP contribution in [-0.4, -0.2) is 42.0 Å². The minimum atomic E-state index is -1.16. The van der Waals surface area contributed by atoms with Crippen molar-refractivity contribution in [2.75, 3.05) is 29.6 Å². The number of fused-ring (bicyclic) bond motifs is 1. The maximum Gasteiger partial charge on any atom is 0.308 e. The smallest absolute Gasteiger partial charge is 0.308 e. The third kappa shape index (κ3) is 7.67. The van der Waals surface area contributed by atoms with Crippen molar-refractivity contribution in [3.05, 3.63) is 78.7 Å². The van der Waals surface area contributed by atoms with Gasteiger partial charge in [0.2, 0.25) is 11.8 Å². The number of pyridine rings is 1. The number of anilines is 3. The molecule has 0 unspecified atom stereocenters. The summed E-state index contributed by atoms with van der Waals surface area (Å²) in [5, 5.41) is 9.45. The van der Waals surface area contributed by atoms with E-state index in [1.54, 1.807) is 43.6 Å². The summed E-state index contributed by atoms with van der Waals surface area (Å²) in [5.41, 5.74) is 0.563. The van der Waals surface area contributed by atoms with Gasteiger partial charge in [0.1, 0.15) is 34.1 Å². The Hall–Kier alpha value is -5.19. The number of methoxy groups -OCH3 is 1. The number of aromatic nitrogens is 1. The summed E-state index contributed by atoms with van der Waals surface area (Å²) in [6.45, 7) is 5.84. The van der Waals surface area contributed by atoms with E-state index in [1.165, 1.54) is 24.3 Å². The Labute approximate surface area is 260 Å². The van der Waals surface area contributed by atoms with Gasteiger partial charge in [0, 0.05) is 29.5 Å². The van der Waals surface area contributed by atoms with Gasteiger partial charge >= 0.3 is 5.97 Å². The second kappa shape index (κ2) is 12.8. The van der Waals surface area contributed by atoms with Crippen molar-refractivity contribution in [3.8, 4) is 17.2 Å². The lowest BCUT2D eigenvalue weighted by atomic mass is 10.0. The number of ether oxygens (including phenoxy) is 3. The molecule has 3 aromatic carbocycles. The maximum atomic E-state index is 13.2. The minimum Gasteiger partial charge on any atom is -0.495 e. The zero-order chi connectivity index (χ0) is 32.2. The zero-order valence-electron chi connectivity index (χ0n) is 25.5. The molecule has 1 saturated carbocycles. The molecule has 4 aromatic rings. The van der Waals surface area contributed by atoms with Crippen LogP contribution < -0.4 is 25.4 Å². The molecule has 3 N–H and O–H groups in total. The van der Waals surface area contributed by atoms with E-state index in [-0.39, 0.29) is 12.4 Å². The molecule has 2 amide bonds. The van der Waals surface area contributed by atoms with Gasteiger partial charge in [-0.25, -0.2) is 4.39 Å². The molecule has 0 bridgehead atoms. The van der Waals surface area contributed by atoms with E-state index in [2.05, 4.69) is 20.9 Å². The molecule has 10 nitrogen and oxygen atoms in total. The van der Waals surface area contributed by atoms with Gasteiger partial charge in [0.15, 0.2) is 0 Å². The number of nitrogens with one attached hydrogen (secondary N) is 3. The molecule has 0 saturated heterocycles. The molecule has 0 radical (unpaired) electrons. The molecule has 0 aliphatic heterocycles. The van der Waals surface area contributed by atoms with Crippen LogP contribution in [0.4, 0.5) is 21.5 Å². The van der Waals surface area contributed by atoms with Crippen molar-refractivity contribution in [2.45, 2.75) is 45.6 Å². The summed E-state index contributed by atoms with van der Waals surface area (Å²) in [4.78, 5) is 42.4. The molecule has 234 valence electrons. The molecular formula is C34H35FN4O6. The number of rotatable bonds is 11. The first-order valence-corrected chi connectivity index (χ1v) is 14.5. The van der Waals surface area contributed by atoms with Gasteiger partial charge in [-0.05, 0) is 100 Å². The standard InChI is InChI=1S/C34H35FN4O6/c1-33(2,3)45-30(40)14-18-37-27-20-26-25(19-29(27)43-4)28(13-17-36-26)44-24-11-9-23(10-12-24)39-32(42)34(15-16-34)31(41)38-22-7-5-21(35)6-8-22/h5-13,17,19-20,37H,14-16,18H2,1-4H3,(H,38,41)(H,39,42). The largest absolute Gasteiger partial charge is 0.495 e. The van der Waals surface area contributed by atoms with Crippen molar-refractivity contribution in [1.29, 1.82) is 0 Å². The number of esters is 1.